The normalized spacial score (nSPS) is 11.2. The Bertz CT molecular complexity index is 1110. The number of hydrogen-bond donors (Lipinski definition) is 3. The van der Waals surface area contributed by atoms with Crippen molar-refractivity contribution >= 4 is 48.9 Å². The lowest BCUT2D eigenvalue weighted by atomic mass is 10.1. The SMILES string of the molecule is CCCCCn1c(=N)n(C(=N)Cc2cccc(Br)c2)c(=O)c2[nH]c(Br)nc21. The zero-order chi connectivity index (χ0) is 19.6. The lowest BCUT2D eigenvalue weighted by molar-refractivity contribution is 0.566. The molecule has 2 heterocycles. The summed E-state index contributed by atoms with van der Waals surface area (Å²) in [5.41, 5.74) is 1.18. The summed E-state index contributed by atoms with van der Waals surface area (Å²) >= 11 is 6.70. The molecule has 27 heavy (non-hydrogen) atoms. The van der Waals surface area contributed by atoms with E-state index in [9.17, 15) is 4.79 Å². The number of aryl methyl sites for hydroxylation is 1. The van der Waals surface area contributed by atoms with Gasteiger partial charge in [-0.2, -0.15) is 0 Å². The molecule has 0 bridgehead atoms. The largest absolute Gasteiger partial charge is 0.327 e. The molecule has 0 saturated heterocycles. The van der Waals surface area contributed by atoms with Gasteiger partial charge in [0.25, 0.3) is 5.56 Å². The number of halogens is 2. The van der Waals surface area contributed by atoms with E-state index in [1.165, 1.54) is 0 Å². The Balaban J connectivity index is 2.10. The van der Waals surface area contributed by atoms with Gasteiger partial charge in [0.05, 0.1) is 0 Å². The van der Waals surface area contributed by atoms with Gasteiger partial charge in [-0.15, -0.1) is 0 Å². The van der Waals surface area contributed by atoms with Crippen LogP contribution in [0.4, 0.5) is 0 Å². The molecule has 2 aromatic heterocycles. The topological polar surface area (TPSA) is 103 Å². The first kappa shape index (κ1) is 19.8. The summed E-state index contributed by atoms with van der Waals surface area (Å²) in [6.45, 7) is 2.69. The highest BCUT2D eigenvalue weighted by atomic mass is 79.9. The molecule has 0 saturated carbocycles. The quantitative estimate of drug-likeness (QED) is 0.209. The van der Waals surface area contributed by atoms with Crippen LogP contribution in [0.1, 0.15) is 31.7 Å². The van der Waals surface area contributed by atoms with E-state index in [1.807, 2.05) is 24.3 Å². The summed E-state index contributed by atoms with van der Waals surface area (Å²) in [6.07, 6.45) is 3.21. The highest BCUT2D eigenvalue weighted by Crippen LogP contribution is 2.14. The van der Waals surface area contributed by atoms with Crippen molar-refractivity contribution in [2.24, 2.45) is 0 Å². The summed E-state index contributed by atoms with van der Waals surface area (Å²) in [7, 11) is 0. The predicted molar refractivity (Wildman–Crippen MR) is 112 cm³/mol. The van der Waals surface area contributed by atoms with E-state index in [4.69, 9.17) is 10.8 Å². The molecule has 0 aliphatic rings. The standard InChI is InChI=1S/C18H20Br2N6O/c1-2-3-4-8-25-15-14(23-17(20)24-15)16(27)26(18(25)22)13(21)10-11-6-5-7-12(19)9-11/h5-7,9,21-22H,2-4,8,10H2,1H3,(H,23,24). The van der Waals surface area contributed by atoms with Crippen molar-refractivity contribution in [2.75, 3.05) is 0 Å². The third-order valence-electron chi connectivity index (χ3n) is 4.31. The smallest absolute Gasteiger partial charge is 0.286 e. The van der Waals surface area contributed by atoms with Crippen LogP contribution in [-0.4, -0.2) is 24.9 Å². The van der Waals surface area contributed by atoms with Crippen LogP contribution in [-0.2, 0) is 13.0 Å². The summed E-state index contributed by atoms with van der Waals surface area (Å²) in [4.78, 5) is 20.2. The van der Waals surface area contributed by atoms with E-state index in [0.29, 0.717) is 22.4 Å². The molecule has 0 unspecified atom stereocenters. The molecule has 0 spiro atoms. The van der Waals surface area contributed by atoms with Crippen LogP contribution in [0.15, 0.2) is 38.3 Å². The first-order valence-electron chi connectivity index (χ1n) is 8.70. The van der Waals surface area contributed by atoms with Gasteiger partial charge in [-0.3, -0.25) is 20.2 Å². The molecule has 0 aliphatic heterocycles. The Hall–Kier alpha value is -2.00. The minimum Gasteiger partial charge on any atom is -0.327 e. The zero-order valence-electron chi connectivity index (χ0n) is 14.9. The van der Waals surface area contributed by atoms with Gasteiger partial charge in [0, 0.05) is 17.4 Å². The van der Waals surface area contributed by atoms with Crippen molar-refractivity contribution in [3.63, 3.8) is 0 Å². The summed E-state index contributed by atoms with van der Waals surface area (Å²) in [5, 5.41) is 17.0. The minimum atomic E-state index is -0.431. The van der Waals surface area contributed by atoms with Crippen molar-refractivity contribution < 1.29 is 0 Å². The van der Waals surface area contributed by atoms with E-state index < -0.39 is 5.56 Å². The average molecular weight is 496 g/mol. The van der Waals surface area contributed by atoms with Gasteiger partial charge in [-0.05, 0) is 40.0 Å². The van der Waals surface area contributed by atoms with Crippen LogP contribution in [0.2, 0.25) is 0 Å². The van der Waals surface area contributed by atoms with Crippen LogP contribution >= 0.6 is 31.9 Å². The van der Waals surface area contributed by atoms with Crippen molar-refractivity contribution in [2.45, 2.75) is 39.2 Å². The second-order valence-electron chi connectivity index (χ2n) is 6.30. The maximum Gasteiger partial charge on any atom is 0.286 e. The number of aromatic nitrogens is 4. The van der Waals surface area contributed by atoms with Crippen molar-refractivity contribution in [1.82, 2.24) is 19.1 Å². The molecule has 0 fully saturated rings. The second-order valence-corrected chi connectivity index (χ2v) is 7.97. The van der Waals surface area contributed by atoms with Crippen LogP contribution < -0.4 is 11.2 Å². The van der Waals surface area contributed by atoms with Crippen LogP contribution in [0.3, 0.4) is 0 Å². The molecule has 0 aliphatic carbocycles. The number of hydrogen-bond acceptors (Lipinski definition) is 4. The highest BCUT2D eigenvalue weighted by molar-refractivity contribution is 9.10. The van der Waals surface area contributed by atoms with Gasteiger partial charge in [0.2, 0.25) is 5.62 Å². The number of imidazole rings is 1. The molecule has 0 atom stereocenters. The summed E-state index contributed by atoms with van der Waals surface area (Å²) in [5.74, 6) is 0.0555. The number of nitrogens with one attached hydrogen (secondary N) is 3. The van der Waals surface area contributed by atoms with Crippen LogP contribution in [0.5, 0.6) is 0 Å². The van der Waals surface area contributed by atoms with Crippen molar-refractivity contribution in [1.29, 1.82) is 10.8 Å². The number of H-pyrrole nitrogens is 1. The van der Waals surface area contributed by atoms with E-state index >= 15 is 0 Å². The van der Waals surface area contributed by atoms with Gasteiger partial charge in [-0.25, -0.2) is 9.55 Å². The van der Waals surface area contributed by atoms with Gasteiger partial charge >= 0.3 is 0 Å². The number of benzene rings is 1. The number of fused-ring (bicyclic) bond motifs is 1. The Morgan fingerprint density at radius 2 is 2.07 bits per heavy atom. The number of nitrogens with zero attached hydrogens (tertiary/aromatic N) is 3. The fourth-order valence-corrected chi connectivity index (χ4v) is 3.82. The third-order valence-corrected chi connectivity index (χ3v) is 5.18. The monoisotopic (exact) mass is 494 g/mol. The van der Waals surface area contributed by atoms with E-state index in [0.717, 1.165) is 33.9 Å². The van der Waals surface area contributed by atoms with Gasteiger partial charge in [0.15, 0.2) is 15.9 Å². The fraction of sp³-hybridized carbons (Fsp3) is 0.333. The molecule has 0 radical (unpaired) electrons. The Labute approximate surface area is 172 Å². The number of aromatic amines is 1. The lowest BCUT2D eigenvalue weighted by Crippen LogP contribution is -2.44. The van der Waals surface area contributed by atoms with Gasteiger partial charge < -0.3 is 4.98 Å². The number of unbranched alkanes of at least 4 members (excludes halogenated alkanes) is 2. The predicted octanol–water partition coefficient (Wildman–Crippen LogP) is 3.79. The molecular weight excluding hydrogens is 476 g/mol. The molecule has 1 aromatic carbocycles. The van der Waals surface area contributed by atoms with E-state index in [2.05, 4.69) is 48.8 Å². The van der Waals surface area contributed by atoms with Crippen molar-refractivity contribution in [3.8, 4) is 0 Å². The second kappa shape index (κ2) is 8.35. The molecule has 0 amide bonds. The van der Waals surface area contributed by atoms with E-state index in [1.54, 1.807) is 4.57 Å². The maximum atomic E-state index is 12.9. The van der Waals surface area contributed by atoms with Crippen molar-refractivity contribution in [3.05, 3.63) is 55.0 Å². The average Bonchev–Trinajstić information content (AvgIpc) is 3.00. The first-order chi connectivity index (χ1) is 12.9. The molecule has 3 aromatic rings. The highest BCUT2D eigenvalue weighted by Gasteiger charge is 2.17. The third kappa shape index (κ3) is 4.14. The Kier molecular flexibility index (Phi) is 6.11. The summed E-state index contributed by atoms with van der Waals surface area (Å²) < 4.78 is 4.20. The lowest BCUT2D eigenvalue weighted by Gasteiger charge is -2.14. The van der Waals surface area contributed by atoms with Gasteiger partial charge in [-0.1, -0.05) is 47.8 Å². The Morgan fingerprint density at radius 3 is 2.78 bits per heavy atom. The minimum absolute atomic E-state index is 0.0254. The summed E-state index contributed by atoms with van der Waals surface area (Å²) in [6, 6.07) is 7.60. The van der Waals surface area contributed by atoms with Crippen LogP contribution in [0.25, 0.3) is 11.2 Å². The molecule has 7 nitrogen and oxygen atoms in total. The van der Waals surface area contributed by atoms with Crippen LogP contribution in [0, 0.1) is 10.8 Å². The molecular formula is C18H20Br2N6O. The molecule has 3 rings (SSSR count). The molecule has 9 heteroatoms. The number of rotatable bonds is 6. The zero-order valence-corrected chi connectivity index (χ0v) is 18.0. The molecule has 142 valence electrons. The maximum absolute atomic E-state index is 12.9. The van der Waals surface area contributed by atoms with E-state index in [-0.39, 0.29) is 17.9 Å². The van der Waals surface area contributed by atoms with Gasteiger partial charge in [0.1, 0.15) is 5.84 Å². The Morgan fingerprint density at radius 1 is 1.30 bits per heavy atom. The molecule has 3 N–H and O–H groups in total. The first-order valence-corrected chi connectivity index (χ1v) is 10.3. The fourth-order valence-electron chi connectivity index (χ4n) is 3.01.